The number of nitrogens with zero attached hydrogens (tertiary/aromatic N) is 2. The van der Waals surface area contributed by atoms with E-state index in [0.717, 1.165) is 13.2 Å². The van der Waals surface area contributed by atoms with E-state index in [-0.39, 0.29) is 30.0 Å². The lowest BCUT2D eigenvalue weighted by molar-refractivity contribution is -0.138. The van der Waals surface area contributed by atoms with Crippen LogP contribution in [0.2, 0.25) is 0 Å². The number of ether oxygens (including phenoxy) is 1. The number of benzene rings is 1. The highest BCUT2D eigenvalue weighted by atomic mass is 19.4. The highest BCUT2D eigenvalue weighted by Crippen LogP contribution is 2.42. The largest absolute Gasteiger partial charge is 0.507 e. The van der Waals surface area contributed by atoms with Crippen molar-refractivity contribution in [3.05, 3.63) is 35.8 Å². The first-order valence-corrected chi connectivity index (χ1v) is 6.43. The number of methoxy groups -OCH3 is 1. The van der Waals surface area contributed by atoms with Crippen molar-refractivity contribution >= 4 is 5.97 Å². The minimum Gasteiger partial charge on any atom is -0.507 e. The van der Waals surface area contributed by atoms with Gasteiger partial charge in [-0.05, 0) is 12.1 Å². The molecule has 0 aliphatic rings. The Bertz CT molecular complexity index is 725. The van der Waals surface area contributed by atoms with Gasteiger partial charge < -0.3 is 19.5 Å². The van der Waals surface area contributed by atoms with Crippen molar-refractivity contribution in [3.8, 4) is 17.0 Å². The number of hydrogen-bond acceptors (Lipinski definition) is 5. The van der Waals surface area contributed by atoms with Gasteiger partial charge in [0.1, 0.15) is 5.75 Å². The van der Waals surface area contributed by atoms with Gasteiger partial charge >= 0.3 is 12.1 Å². The van der Waals surface area contributed by atoms with Gasteiger partial charge in [0.05, 0.1) is 43.1 Å². The Morgan fingerprint density at radius 3 is 2.65 bits per heavy atom. The molecule has 2 rings (SSSR count). The Kier molecular flexibility index (Phi) is 4.60. The average Bonchev–Trinajstić information content (AvgIpc) is 2.94. The quantitative estimate of drug-likeness (QED) is 0.838. The van der Waals surface area contributed by atoms with Crippen LogP contribution in [0.1, 0.15) is 15.9 Å². The lowest BCUT2D eigenvalue weighted by Gasteiger charge is -2.15. The maximum absolute atomic E-state index is 13.1. The van der Waals surface area contributed by atoms with Gasteiger partial charge in [-0.2, -0.15) is 13.2 Å². The molecular formula is C14H13F3N2O4. The van der Waals surface area contributed by atoms with E-state index in [1.165, 1.54) is 17.1 Å². The van der Waals surface area contributed by atoms with Crippen LogP contribution in [-0.4, -0.2) is 39.5 Å². The number of aliphatic hydroxyl groups is 1. The van der Waals surface area contributed by atoms with Crippen molar-refractivity contribution in [1.82, 2.24) is 9.55 Å². The lowest BCUT2D eigenvalue weighted by Crippen LogP contribution is -2.11. The SMILES string of the molecule is COC(=O)c1cc(-c2cncn2CCO)c(O)c(C(F)(F)F)c1. The Morgan fingerprint density at radius 1 is 1.39 bits per heavy atom. The summed E-state index contributed by atoms with van der Waals surface area (Å²) in [5, 5.41) is 19.0. The molecule has 9 heteroatoms. The smallest absolute Gasteiger partial charge is 0.420 e. The van der Waals surface area contributed by atoms with Gasteiger partial charge in [0.15, 0.2) is 0 Å². The zero-order valence-corrected chi connectivity index (χ0v) is 12.0. The number of carbonyl (C=O) groups excluding carboxylic acids is 1. The van der Waals surface area contributed by atoms with Crippen LogP contribution in [0.4, 0.5) is 13.2 Å². The normalized spacial score (nSPS) is 11.5. The first kappa shape index (κ1) is 16.8. The maximum atomic E-state index is 13.1. The molecule has 0 saturated heterocycles. The molecule has 2 N–H and O–H groups in total. The molecule has 0 atom stereocenters. The summed E-state index contributed by atoms with van der Waals surface area (Å²) in [7, 11) is 1.04. The number of aliphatic hydroxyl groups excluding tert-OH is 1. The summed E-state index contributed by atoms with van der Waals surface area (Å²) >= 11 is 0. The van der Waals surface area contributed by atoms with E-state index in [0.29, 0.717) is 6.07 Å². The van der Waals surface area contributed by atoms with E-state index in [9.17, 15) is 23.1 Å². The molecule has 0 saturated carbocycles. The van der Waals surface area contributed by atoms with Crippen molar-refractivity contribution in [3.63, 3.8) is 0 Å². The Morgan fingerprint density at radius 2 is 2.09 bits per heavy atom. The molecule has 0 spiro atoms. The van der Waals surface area contributed by atoms with E-state index < -0.39 is 23.5 Å². The number of aromatic nitrogens is 2. The van der Waals surface area contributed by atoms with Crippen LogP contribution in [0.15, 0.2) is 24.7 Å². The number of alkyl halides is 3. The molecule has 0 amide bonds. The van der Waals surface area contributed by atoms with Gasteiger partial charge in [0, 0.05) is 12.1 Å². The number of hydrogen-bond donors (Lipinski definition) is 2. The monoisotopic (exact) mass is 330 g/mol. The van der Waals surface area contributed by atoms with Crippen LogP contribution >= 0.6 is 0 Å². The number of aromatic hydroxyl groups is 1. The molecule has 0 aliphatic heterocycles. The van der Waals surface area contributed by atoms with E-state index in [4.69, 9.17) is 5.11 Å². The predicted octanol–water partition coefficient (Wildman–Crippen LogP) is 2.05. The van der Waals surface area contributed by atoms with Gasteiger partial charge in [-0.15, -0.1) is 0 Å². The van der Waals surface area contributed by atoms with Gasteiger partial charge in [-0.3, -0.25) is 0 Å². The minimum atomic E-state index is -4.86. The molecular weight excluding hydrogens is 317 g/mol. The zero-order valence-electron chi connectivity index (χ0n) is 12.0. The Balaban J connectivity index is 2.71. The molecule has 23 heavy (non-hydrogen) atoms. The summed E-state index contributed by atoms with van der Waals surface area (Å²) in [6, 6.07) is 1.61. The van der Waals surface area contributed by atoms with Gasteiger partial charge in [0.2, 0.25) is 0 Å². The van der Waals surface area contributed by atoms with Crippen LogP contribution in [0.3, 0.4) is 0 Å². The van der Waals surface area contributed by atoms with Crippen LogP contribution in [0.5, 0.6) is 5.75 Å². The number of esters is 1. The number of phenolic OH excluding ortho intramolecular Hbond substituents is 1. The van der Waals surface area contributed by atoms with Crippen molar-refractivity contribution in [2.45, 2.75) is 12.7 Å². The summed E-state index contributed by atoms with van der Waals surface area (Å²) in [6.45, 7) is -0.203. The molecule has 1 aromatic carbocycles. The van der Waals surface area contributed by atoms with Gasteiger partial charge in [0.25, 0.3) is 0 Å². The van der Waals surface area contributed by atoms with Crippen LogP contribution in [-0.2, 0) is 17.5 Å². The number of rotatable bonds is 4. The molecule has 1 aromatic heterocycles. The molecule has 0 aliphatic carbocycles. The highest BCUT2D eigenvalue weighted by molar-refractivity contribution is 5.92. The van der Waals surface area contributed by atoms with E-state index >= 15 is 0 Å². The molecule has 1 heterocycles. The molecule has 0 unspecified atom stereocenters. The molecule has 0 radical (unpaired) electrons. The van der Waals surface area contributed by atoms with E-state index in [2.05, 4.69) is 9.72 Å². The highest BCUT2D eigenvalue weighted by Gasteiger charge is 2.36. The standard InChI is InChI=1S/C14H13F3N2O4/c1-23-13(22)8-4-9(11-6-18-7-19(11)2-3-20)12(21)10(5-8)14(15,16)17/h4-7,20-21H,2-3H2,1H3. The molecule has 124 valence electrons. The van der Waals surface area contributed by atoms with E-state index in [1.807, 2.05) is 0 Å². The number of carbonyl (C=O) groups is 1. The summed E-state index contributed by atoms with van der Waals surface area (Å²) < 4.78 is 45.1. The first-order chi connectivity index (χ1) is 10.8. The molecule has 0 bridgehead atoms. The summed E-state index contributed by atoms with van der Waals surface area (Å²) in [5.41, 5.74) is -1.81. The Hall–Kier alpha value is -2.55. The molecule has 2 aromatic rings. The van der Waals surface area contributed by atoms with Crippen molar-refractivity contribution in [2.75, 3.05) is 13.7 Å². The first-order valence-electron chi connectivity index (χ1n) is 6.43. The van der Waals surface area contributed by atoms with E-state index in [1.54, 1.807) is 0 Å². The Labute approximate surface area is 128 Å². The van der Waals surface area contributed by atoms with Crippen LogP contribution in [0.25, 0.3) is 11.3 Å². The number of imidazole rings is 1. The van der Waals surface area contributed by atoms with Crippen molar-refractivity contribution in [2.24, 2.45) is 0 Å². The van der Waals surface area contributed by atoms with Gasteiger partial charge in [-0.25, -0.2) is 9.78 Å². The third-order valence-electron chi connectivity index (χ3n) is 3.17. The van der Waals surface area contributed by atoms with Crippen LogP contribution in [0, 0.1) is 0 Å². The lowest BCUT2D eigenvalue weighted by atomic mass is 10.0. The fourth-order valence-electron chi connectivity index (χ4n) is 2.11. The van der Waals surface area contributed by atoms with Crippen LogP contribution < -0.4 is 0 Å². The molecule has 0 fully saturated rings. The average molecular weight is 330 g/mol. The van der Waals surface area contributed by atoms with Gasteiger partial charge in [-0.1, -0.05) is 0 Å². The summed E-state index contributed by atoms with van der Waals surface area (Å²) in [5.74, 6) is -1.99. The fraction of sp³-hybridized carbons (Fsp3) is 0.286. The third kappa shape index (κ3) is 3.29. The topological polar surface area (TPSA) is 84.6 Å². The number of phenols is 1. The summed E-state index contributed by atoms with van der Waals surface area (Å²) in [4.78, 5) is 15.4. The summed E-state index contributed by atoms with van der Waals surface area (Å²) in [6.07, 6.45) is -2.33. The second-order valence-electron chi connectivity index (χ2n) is 4.61. The second kappa shape index (κ2) is 6.29. The number of halogens is 3. The van der Waals surface area contributed by atoms with Crippen molar-refractivity contribution in [1.29, 1.82) is 0 Å². The fourth-order valence-corrected chi connectivity index (χ4v) is 2.11. The minimum absolute atomic E-state index is 0.0680. The second-order valence-corrected chi connectivity index (χ2v) is 4.61. The molecule has 6 nitrogen and oxygen atoms in total. The predicted molar refractivity (Wildman–Crippen MR) is 72.8 cm³/mol. The third-order valence-corrected chi connectivity index (χ3v) is 3.17. The zero-order chi connectivity index (χ0) is 17.2. The van der Waals surface area contributed by atoms with Crippen molar-refractivity contribution < 1.29 is 32.9 Å². The maximum Gasteiger partial charge on any atom is 0.420 e.